The zero-order valence-corrected chi connectivity index (χ0v) is 14.0. The van der Waals surface area contributed by atoms with Gasteiger partial charge in [-0.3, -0.25) is 4.79 Å². The third-order valence-electron chi connectivity index (χ3n) is 4.87. The first-order chi connectivity index (χ1) is 10.6. The van der Waals surface area contributed by atoms with E-state index in [-0.39, 0.29) is 12.1 Å². The molecule has 0 radical (unpaired) electrons. The lowest BCUT2D eigenvalue weighted by Crippen LogP contribution is -2.42. The smallest absolute Gasteiger partial charge is 0.307 e. The minimum absolute atomic E-state index is 0.123. The molecule has 2 rings (SSSR count). The number of hydrogen-bond donors (Lipinski definition) is 1. The summed E-state index contributed by atoms with van der Waals surface area (Å²) in [7, 11) is 0. The fraction of sp³-hybridized carbons (Fsp3) is 0.833. The highest BCUT2D eigenvalue weighted by Crippen LogP contribution is 2.43. The Balaban J connectivity index is 2.07. The summed E-state index contributed by atoms with van der Waals surface area (Å²) in [5.41, 5.74) is -0.0881. The highest BCUT2D eigenvalue weighted by molar-refractivity contribution is 5.67. The molecule has 4 heteroatoms. The van der Waals surface area contributed by atoms with Crippen molar-refractivity contribution in [2.24, 2.45) is 0 Å². The number of carbonyl (C=O) groups is 1. The second-order valence-electron chi connectivity index (χ2n) is 6.63. The number of fused-ring (bicyclic) bond motifs is 1. The maximum absolute atomic E-state index is 11.4. The lowest BCUT2D eigenvalue weighted by molar-refractivity contribution is -0.137. The highest BCUT2D eigenvalue weighted by atomic mass is 16.5. The van der Waals surface area contributed by atoms with Crippen LogP contribution in [0.4, 0.5) is 0 Å². The summed E-state index contributed by atoms with van der Waals surface area (Å²) in [6.45, 7) is 4.02. The first kappa shape index (κ1) is 17.5. The maximum atomic E-state index is 11.4. The Kier molecular flexibility index (Phi) is 6.45. The number of aliphatic hydroxyl groups is 1. The highest BCUT2D eigenvalue weighted by Gasteiger charge is 2.49. The van der Waals surface area contributed by atoms with Crippen molar-refractivity contribution in [2.75, 3.05) is 6.61 Å². The van der Waals surface area contributed by atoms with Crippen molar-refractivity contribution in [1.82, 2.24) is 0 Å². The molecule has 0 aromatic carbocycles. The summed E-state index contributed by atoms with van der Waals surface area (Å²) in [6, 6.07) is 0. The van der Waals surface area contributed by atoms with Crippen LogP contribution < -0.4 is 0 Å². The zero-order chi connectivity index (χ0) is 16.0. The number of allylic oxidation sites excluding steroid dienone is 1. The van der Waals surface area contributed by atoms with Crippen LogP contribution in [-0.2, 0) is 14.3 Å². The van der Waals surface area contributed by atoms with Crippen molar-refractivity contribution >= 4 is 5.97 Å². The SMILES string of the molecule is CCCCCCC/C(OC(C)=O)=C1/CO[C@H]2CCCC[C@]12O. The van der Waals surface area contributed by atoms with Gasteiger partial charge < -0.3 is 14.6 Å². The molecule has 1 saturated heterocycles. The third kappa shape index (κ3) is 4.11. The second kappa shape index (κ2) is 8.11. The Bertz CT molecular complexity index is 415. The Morgan fingerprint density at radius 1 is 1.32 bits per heavy atom. The second-order valence-corrected chi connectivity index (χ2v) is 6.63. The van der Waals surface area contributed by atoms with Crippen LogP contribution in [0.5, 0.6) is 0 Å². The Morgan fingerprint density at radius 2 is 2.09 bits per heavy atom. The molecule has 0 amide bonds. The number of unbranched alkanes of at least 4 members (excludes halogenated alkanes) is 4. The molecule has 0 aromatic rings. The monoisotopic (exact) mass is 310 g/mol. The number of carbonyl (C=O) groups excluding carboxylic acids is 1. The van der Waals surface area contributed by atoms with Crippen LogP contribution in [0.1, 0.15) is 78.1 Å². The van der Waals surface area contributed by atoms with E-state index in [0.717, 1.165) is 44.1 Å². The summed E-state index contributed by atoms with van der Waals surface area (Å²) >= 11 is 0. The van der Waals surface area contributed by atoms with Gasteiger partial charge in [-0.15, -0.1) is 0 Å². The summed E-state index contributed by atoms with van der Waals surface area (Å²) in [5.74, 6) is 0.356. The van der Waals surface area contributed by atoms with Crippen molar-refractivity contribution in [3.8, 4) is 0 Å². The normalized spacial score (nSPS) is 30.0. The fourth-order valence-corrected chi connectivity index (χ4v) is 3.65. The summed E-state index contributed by atoms with van der Waals surface area (Å²) in [5, 5.41) is 11.0. The molecule has 1 saturated carbocycles. The van der Waals surface area contributed by atoms with E-state index in [1.54, 1.807) is 0 Å². The molecule has 0 spiro atoms. The van der Waals surface area contributed by atoms with Gasteiger partial charge in [-0.25, -0.2) is 0 Å². The standard InChI is InChI=1S/C18H30O4/c1-3-4-5-6-7-10-16(22-14(2)19)15-13-21-17-11-8-9-12-18(15,17)20/h17,20H,3-13H2,1-2H3/b16-15+/t17-,18-/m0/s1. The van der Waals surface area contributed by atoms with Crippen molar-refractivity contribution < 1.29 is 19.4 Å². The minimum atomic E-state index is -0.910. The quantitative estimate of drug-likeness (QED) is 0.440. The van der Waals surface area contributed by atoms with Crippen LogP contribution in [0, 0.1) is 0 Å². The molecule has 2 aliphatic rings. The number of rotatable bonds is 7. The Hall–Kier alpha value is -0.870. The molecule has 2 fully saturated rings. The van der Waals surface area contributed by atoms with E-state index in [0.29, 0.717) is 18.8 Å². The average Bonchev–Trinajstić information content (AvgIpc) is 2.82. The molecule has 0 unspecified atom stereocenters. The van der Waals surface area contributed by atoms with E-state index < -0.39 is 5.60 Å². The van der Waals surface area contributed by atoms with Gasteiger partial charge in [0.1, 0.15) is 11.4 Å². The van der Waals surface area contributed by atoms with E-state index in [2.05, 4.69) is 6.92 Å². The van der Waals surface area contributed by atoms with Crippen LogP contribution in [0.2, 0.25) is 0 Å². The molecule has 126 valence electrons. The maximum Gasteiger partial charge on any atom is 0.307 e. The lowest BCUT2D eigenvalue weighted by Gasteiger charge is -2.34. The third-order valence-corrected chi connectivity index (χ3v) is 4.87. The molecule has 1 heterocycles. The number of hydrogen-bond acceptors (Lipinski definition) is 4. The topological polar surface area (TPSA) is 55.8 Å². The summed E-state index contributed by atoms with van der Waals surface area (Å²) in [4.78, 5) is 11.4. The molecule has 1 N–H and O–H groups in total. The molecule has 1 aliphatic heterocycles. The number of esters is 1. The van der Waals surface area contributed by atoms with E-state index in [4.69, 9.17) is 9.47 Å². The van der Waals surface area contributed by atoms with Gasteiger partial charge in [0.15, 0.2) is 0 Å². The van der Waals surface area contributed by atoms with Crippen molar-refractivity contribution in [3.63, 3.8) is 0 Å². The first-order valence-electron chi connectivity index (χ1n) is 8.83. The minimum Gasteiger partial charge on any atom is -0.431 e. The predicted octanol–water partition coefficient (Wildman–Crippen LogP) is 3.87. The van der Waals surface area contributed by atoms with Gasteiger partial charge in [-0.2, -0.15) is 0 Å². The predicted molar refractivity (Wildman–Crippen MR) is 85.3 cm³/mol. The first-order valence-corrected chi connectivity index (χ1v) is 8.83. The molecule has 22 heavy (non-hydrogen) atoms. The van der Waals surface area contributed by atoms with E-state index >= 15 is 0 Å². The molecule has 0 bridgehead atoms. The molecular formula is C18H30O4. The van der Waals surface area contributed by atoms with Gasteiger partial charge >= 0.3 is 5.97 Å². The Morgan fingerprint density at radius 3 is 2.82 bits per heavy atom. The van der Waals surface area contributed by atoms with Crippen molar-refractivity contribution in [2.45, 2.75) is 89.8 Å². The zero-order valence-electron chi connectivity index (χ0n) is 14.0. The summed E-state index contributed by atoms with van der Waals surface area (Å²) < 4.78 is 11.2. The van der Waals surface area contributed by atoms with Crippen LogP contribution in [0.25, 0.3) is 0 Å². The summed E-state index contributed by atoms with van der Waals surface area (Å²) in [6.07, 6.45) is 10.1. The molecule has 1 aliphatic carbocycles. The lowest BCUT2D eigenvalue weighted by atomic mass is 9.78. The molecular weight excluding hydrogens is 280 g/mol. The van der Waals surface area contributed by atoms with Gasteiger partial charge in [0.25, 0.3) is 0 Å². The van der Waals surface area contributed by atoms with Gasteiger partial charge in [0.05, 0.1) is 12.7 Å². The van der Waals surface area contributed by atoms with E-state index in [1.807, 2.05) is 0 Å². The number of ether oxygens (including phenoxy) is 2. The average molecular weight is 310 g/mol. The molecule has 0 aromatic heterocycles. The molecule has 4 nitrogen and oxygen atoms in total. The van der Waals surface area contributed by atoms with E-state index in [9.17, 15) is 9.90 Å². The van der Waals surface area contributed by atoms with Crippen LogP contribution >= 0.6 is 0 Å². The van der Waals surface area contributed by atoms with Crippen LogP contribution in [0.3, 0.4) is 0 Å². The van der Waals surface area contributed by atoms with Gasteiger partial charge in [0.2, 0.25) is 0 Å². The fourth-order valence-electron chi connectivity index (χ4n) is 3.65. The Labute approximate surface area is 133 Å². The van der Waals surface area contributed by atoms with Gasteiger partial charge in [-0.05, 0) is 19.3 Å². The van der Waals surface area contributed by atoms with E-state index in [1.165, 1.54) is 26.2 Å². The van der Waals surface area contributed by atoms with Crippen molar-refractivity contribution in [3.05, 3.63) is 11.3 Å². The van der Waals surface area contributed by atoms with Crippen LogP contribution in [-0.4, -0.2) is 29.4 Å². The molecule has 2 atom stereocenters. The van der Waals surface area contributed by atoms with Crippen LogP contribution in [0.15, 0.2) is 11.3 Å². The largest absolute Gasteiger partial charge is 0.431 e. The van der Waals surface area contributed by atoms with Gasteiger partial charge in [-0.1, -0.05) is 45.4 Å². The van der Waals surface area contributed by atoms with Gasteiger partial charge in [0, 0.05) is 18.9 Å². The van der Waals surface area contributed by atoms with Crippen molar-refractivity contribution in [1.29, 1.82) is 0 Å².